The van der Waals surface area contributed by atoms with Gasteiger partial charge in [0.25, 0.3) is 0 Å². The van der Waals surface area contributed by atoms with Gasteiger partial charge in [-0.15, -0.1) is 0 Å². The summed E-state index contributed by atoms with van der Waals surface area (Å²) >= 11 is 0. The molecule has 0 aliphatic rings. The van der Waals surface area contributed by atoms with Crippen molar-refractivity contribution >= 4 is 7.60 Å². The van der Waals surface area contributed by atoms with Gasteiger partial charge in [-0.3, -0.25) is 0 Å². The molecule has 0 spiro atoms. The van der Waals surface area contributed by atoms with Gasteiger partial charge in [0.15, 0.2) is 0 Å². The molecule has 1 unspecified atom stereocenters. The van der Waals surface area contributed by atoms with Crippen molar-refractivity contribution in [2.75, 3.05) is 19.9 Å². The topological polar surface area (TPSA) is 44.8 Å². The molecule has 4 nitrogen and oxygen atoms in total. The van der Waals surface area contributed by atoms with E-state index in [4.69, 9.17) is 13.8 Å². The molecule has 0 amide bonds. The lowest BCUT2D eigenvalue weighted by Gasteiger charge is -2.19. The van der Waals surface area contributed by atoms with Crippen molar-refractivity contribution in [3.05, 3.63) is 60.2 Å². The minimum atomic E-state index is -3.17. The van der Waals surface area contributed by atoms with Gasteiger partial charge in [-0.2, -0.15) is 0 Å². The van der Waals surface area contributed by atoms with E-state index in [0.29, 0.717) is 24.9 Å². The van der Waals surface area contributed by atoms with Crippen molar-refractivity contribution in [2.24, 2.45) is 0 Å². The molecule has 0 radical (unpaired) electrons. The van der Waals surface area contributed by atoms with Crippen molar-refractivity contribution < 1.29 is 18.3 Å². The first-order valence-corrected chi connectivity index (χ1v) is 8.99. The Kier molecular flexibility index (Phi) is 6.05. The lowest BCUT2D eigenvalue weighted by molar-refractivity contribution is 0.279. The third-order valence-electron chi connectivity index (χ3n) is 3.15. The Balaban J connectivity index is 2.04. The number of hydrogen-bond acceptors (Lipinski definition) is 4. The van der Waals surface area contributed by atoms with Crippen LogP contribution in [0.2, 0.25) is 0 Å². The van der Waals surface area contributed by atoms with Crippen molar-refractivity contribution in [2.45, 2.75) is 13.3 Å². The first-order valence-electron chi connectivity index (χ1n) is 7.26. The molecule has 0 aliphatic heterocycles. The fourth-order valence-electron chi connectivity index (χ4n) is 2.04. The summed E-state index contributed by atoms with van der Waals surface area (Å²) in [5.74, 6) is 1.24. The highest BCUT2D eigenvalue weighted by atomic mass is 31.2. The molecule has 0 saturated heterocycles. The molecular formula is C17H21O4P. The number of benzene rings is 2. The van der Waals surface area contributed by atoms with Gasteiger partial charge in [0.05, 0.1) is 19.9 Å². The van der Waals surface area contributed by atoms with Crippen LogP contribution in [0.15, 0.2) is 54.6 Å². The fourth-order valence-corrected chi connectivity index (χ4v) is 3.68. The van der Waals surface area contributed by atoms with Gasteiger partial charge in [0.1, 0.15) is 11.5 Å². The zero-order valence-corrected chi connectivity index (χ0v) is 13.8. The maximum Gasteiger partial charge on any atom is 0.379 e. The molecule has 0 N–H and O–H groups in total. The molecule has 1 atom stereocenters. The number of ether oxygens (including phenoxy) is 1. The zero-order chi connectivity index (χ0) is 15.8. The second-order valence-corrected chi connectivity index (χ2v) is 6.86. The van der Waals surface area contributed by atoms with Crippen LogP contribution in [0.25, 0.3) is 0 Å². The summed E-state index contributed by atoms with van der Waals surface area (Å²) in [7, 11) is -1.57. The van der Waals surface area contributed by atoms with Gasteiger partial charge in [0, 0.05) is 0 Å². The number of aryl methyl sites for hydroxylation is 1. The van der Waals surface area contributed by atoms with Gasteiger partial charge in [-0.25, -0.2) is 4.57 Å². The van der Waals surface area contributed by atoms with Crippen LogP contribution in [0.5, 0.6) is 11.5 Å². The molecule has 0 saturated carbocycles. The highest BCUT2D eigenvalue weighted by Gasteiger charge is 2.25. The maximum atomic E-state index is 12.8. The Morgan fingerprint density at radius 2 is 1.59 bits per heavy atom. The van der Waals surface area contributed by atoms with Crippen LogP contribution < -0.4 is 9.26 Å². The molecule has 22 heavy (non-hydrogen) atoms. The highest BCUT2D eigenvalue weighted by molar-refractivity contribution is 7.54. The van der Waals surface area contributed by atoms with Crippen LogP contribution in [-0.2, 0) is 15.5 Å². The minimum absolute atomic E-state index is 0.344. The van der Waals surface area contributed by atoms with E-state index in [1.54, 1.807) is 31.4 Å². The van der Waals surface area contributed by atoms with Crippen molar-refractivity contribution in [3.8, 4) is 11.5 Å². The average molecular weight is 320 g/mol. The van der Waals surface area contributed by atoms with Crippen LogP contribution >= 0.6 is 7.60 Å². The van der Waals surface area contributed by atoms with E-state index >= 15 is 0 Å². The zero-order valence-electron chi connectivity index (χ0n) is 12.9. The van der Waals surface area contributed by atoms with Crippen LogP contribution in [0.3, 0.4) is 0 Å². The lowest BCUT2D eigenvalue weighted by atomic mass is 10.2. The van der Waals surface area contributed by atoms with Gasteiger partial charge in [-0.05, 0) is 43.2 Å². The summed E-state index contributed by atoms with van der Waals surface area (Å²) in [5.41, 5.74) is 1.11. The third-order valence-corrected chi connectivity index (χ3v) is 5.06. The van der Waals surface area contributed by atoms with E-state index in [-0.39, 0.29) is 0 Å². The van der Waals surface area contributed by atoms with E-state index < -0.39 is 7.60 Å². The van der Waals surface area contributed by atoms with Gasteiger partial charge in [0.2, 0.25) is 0 Å². The van der Waals surface area contributed by atoms with E-state index in [0.717, 1.165) is 11.3 Å². The molecule has 0 heterocycles. The highest BCUT2D eigenvalue weighted by Crippen LogP contribution is 2.48. The molecule has 118 valence electrons. The Labute approximate surface area is 131 Å². The molecule has 2 aromatic rings. The largest absolute Gasteiger partial charge is 0.497 e. The molecule has 2 aromatic carbocycles. The van der Waals surface area contributed by atoms with Crippen LogP contribution in [0.1, 0.15) is 12.5 Å². The van der Waals surface area contributed by atoms with Crippen LogP contribution in [0, 0.1) is 0 Å². The Bertz CT molecular complexity index is 610. The molecule has 0 aliphatic carbocycles. The number of hydrogen-bond donors (Lipinski definition) is 0. The standard InChI is InChI=1S/C17H21O4P/c1-3-20-22(18,14-13-15-7-5-4-6-8-15)21-17-11-9-16(19-2)10-12-17/h4-12H,3,13-14H2,1-2H3. The predicted molar refractivity (Wildman–Crippen MR) is 87.9 cm³/mol. The van der Waals surface area contributed by atoms with Crippen molar-refractivity contribution in [1.29, 1.82) is 0 Å². The minimum Gasteiger partial charge on any atom is -0.497 e. The first kappa shape index (κ1) is 16.6. The number of methoxy groups -OCH3 is 1. The predicted octanol–water partition coefficient (Wildman–Crippen LogP) is 4.55. The Hall–Kier alpha value is -1.77. The third kappa shape index (κ3) is 4.90. The van der Waals surface area contributed by atoms with E-state index in [1.807, 2.05) is 37.3 Å². The van der Waals surface area contributed by atoms with E-state index in [9.17, 15) is 4.57 Å². The molecule has 0 fully saturated rings. The van der Waals surface area contributed by atoms with Crippen molar-refractivity contribution in [1.82, 2.24) is 0 Å². The summed E-state index contributed by atoms with van der Waals surface area (Å²) in [4.78, 5) is 0. The van der Waals surface area contributed by atoms with Gasteiger partial charge in [-0.1, -0.05) is 30.3 Å². The number of rotatable bonds is 8. The summed E-state index contributed by atoms with van der Waals surface area (Å²) < 4.78 is 29.0. The van der Waals surface area contributed by atoms with Crippen LogP contribution in [-0.4, -0.2) is 19.9 Å². The second-order valence-electron chi connectivity index (χ2n) is 4.75. The van der Waals surface area contributed by atoms with E-state index in [2.05, 4.69) is 0 Å². The van der Waals surface area contributed by atoms with E-state index in [1.165, 1.54) is 0 Å². The summed E-state index contributed by atoms with van der Waals surface area (Å²) in [6, 6.07) is 16.9. The fraction of sp³-hybridized carbons (Fsp3) is 0.294. The van der Waals surface area contributed by atoms with Gasteiger partial charge >= 0.3 is 7.60 Å². The molecule has 5 heteroatoms. The van der Waals surface area contributed by atoms with Crippen LogP contribution in [0.4, 0.5) is 0 Å². The monoisotopic (exact) mass is 320 g/mol. The summed E-state index contributed by atoms with van der Waals surface area (Å²) in [6.45, 7) is 2.16. The SMILES string of the molecule is CCOP(=O)(CCc1ccccc1)Oc1ccc(OC)cc1. The Morgan fingerprint density at radius 1 is 0.955 bits per heavy atom. The average Bonchev–Trinajstić information content (AvgIpc) is 2.55. The quantitative estimate of drug-likeness (QED) is 0.670. The summed E-state index contributed by atoms with van der Waals surface area (Å²) in [6.07, 6.45) is 0.991. The lowest BCUT2D eigenvalue weighted by Crippen LogP contribution is -2.05. The normalized spacial score (nSPS) is 13.4. The summed E-state index contributed by atoms with van der Waals surface area (Å²) in [5, 5.41) is 0. The Morgan fingerprint density at radius 3 is 2.18 bits per heavy atom. The molecule has 0 bridgehead atoms. The van der Waals surface area contributed by atoms with Gasteiger partial charge < -0.3 is 13.8 Å². The van der Waals surface area contributed by atoms with Crippen molar-refractivity contribution in [3.63, 3.8) is 0 Å². The molecule has 0 aromatic heterocycles. The molecule has 2 rings (SSSR count). The second kappa shape index (κ2) is 8.02. The smallest absolute Gasteiger partial charge is 0.379 e. The molecular weight excluding hydrogens is 299 g/mol. The maximum absolute atomic E-state index is 12.8. The first-order chi connectivity index (χ1) is 10.6.